The van der Waals surface area contributed by atoms with E-state index < -0.39 is 116 Å². The van der Waals surface area contributed by atoms with E-state index in [1.165, 1.54) is 0 Å². The smallest absolute Gasteiger partial charge is 0.335 e. The quantitative estimate of drug-likeness (QED) is 0.0190. The summed E-state index contributed by atoms with van der Waals surface area (Å²) >= 11 is 0. The molecule has 11 N–H and O–H groups in total. The van der Waals surface area contributed by atoms with Crippen LogP contribution in [0.3, 0.4) is 0 Å². The number of amides is 6. The molecule has 1 aliphatic rings. The first kappa shape index (κ1) is 50.1. The van der Waals surface area contributed by atoms with Crippen molar-refractivity contribution in [1.29, 1.82) is 0 Å². The van der Waals surface area contributed by atoms with Crippen LogP contribution in [-0.2, 0) is 43.1 Å². The first-order chi connectivity index (χ1) is 27.4. The number of hydrogen-bond donors (Lipinski definition) is 11. The van der Waals surface area contributed by atoms with Crippen LogP contribution < -0.4 is 31.9 Å². The summed E-state index contributed by atoms with van der Waals surface area (Å²) in [7, 11) is 0. The van der Waals surface area contributed by atoms with Crippen molar-refractivity contribution in [2.45, 2.75) is 134 Å². The first-order valence-corrected chi connectivity index (χ1v) is 18.5. The first-order valence-electron chi connectivity index (χ1n) is 18.5. The zero-order valence-electron chi connectivity index (χ0n) is 32.3. The third-order valence-electron chi connectivity index (χ3n) is 8.65. The highest BCUT2D eigenvalue weighted by molar-refractivity contribution is 5.98. The number of carboxylic acids is 1. The molecule has 0 aromatic heterocycles. The molecule has 26 heteroatoms. The molecule has 8 atom stereocenters. The number of nitrogens with one attached hydrogen (secondary N) is 6. The zero-order chi connectivity index (χ0) is 43.9. The number of unbranched alkanes of at least 4 members (excludes halogenated alkanes) is 4. The maximum Gasteiger partial charge on any atom is 0.335 e. The van der Waals surface area contributed by atoms with E-state index in [-0.39, 0.29) is 41.8 Å². The van der Waals surface area contributed by atoms with Gasteiger partial charge in [-0.05, 0) is 33.1 Å². The molecule has 58 heavy (non-hydrogen) atoms. The van der Waals surface area contributed by atoms with Crippen molar-refractivity contribution in [1.82, 2.24) is 31.9 Å². The van der Waals surface area contributed by atoms with Gasteiger partial charge in [-0.2, -0.15) is 0 Å². The number of ether oxygens (including phenoxy) is 1. The van der Waals surface area contributed by atoms with Crippen LogP contribution in [0.25, 0.3) is 0 Å². The van der Waals surface area contributed by atoms with Gasteiger partial charge in [-0.25, -0.2) is 9.59 Å². The number of hydrogen-bond acceptors (Lipinski definition) is 15. The number of rotatable bonds is 20. The van der Waals surface area contributed by atoms with E-state index in [0.29, 0.717) is 12.8 Å². The number of nitrogens with zero attached hydrogens (tertiary/aromatic N) is 4. The Balaban J connectivity index is 3.65. The molecule has 0 spiro atoms. The molecule has 1 rings (SSSR count). The molecule has 0 aromatic carbocycles. The van der Waals surface area contributed by atoms with Crippen molar-refractivity contribution in [2.75, 3.05) is 19.6 Å². The number of cyclic esters (lactones) is 1. The Morgan fingerprint density at radius 1 is 0.862 bits per heavy atom. The zero-order valence-corrected chi connectivity index (χ0v) is 32.3. The van der Waals surface area contributed by atoms with Crippen molar-refractivity contribution >= 4 is 47.4 Å². The Morgan fingerprint density at radius 3 is 2.00 bits per heavy atom. The van der Waals surface area contributed by atoms with E-state index in [1.807, 2.05) is 6.92 Å². The van der Waals surface area contributed by atoms with Gasteiger partial charge in [-0.1, -0.05) is 42.3 Å². The lowest BCUT2D eigenvalue weighted by atomic mass is 10.0. The Hall–Kier alpha value is -5.92. The number of aliphatic hydroxyl groups is 2. The fourth-order valence-corrected chi connectivity index (χ4v) is 5.45. The molecule has 8 unspecified atom stereocenters. The summed E-state index contributed by atoms with van der Waals surface area (Å²) in [6, 6.07) is -9.38. The third kappa shape index (κ3) is 17.9. The van der Waals surface area contributed by atoms with E-state index in [9.17, 15) is 64.1 Å². The molecular weight excluding hydrogens is 780 g/mol. The lowest BCUT2D eigenvalue weighted by Gasteiger charge is -2.31. The van der Waals surface area contributed by atoms with Crippen LogP contribution in [0.1, 0.15) is 85.0 Å². The highest BCUT2D eigenvalue weighted by atomic mass is 16.6. The second-order valence-corrected chi connectivity index (χ2v) is 13.4. The van der Waals surface area contributed by atoms with E-state index in [0.717, 1.165) is 33.1 Å². The van der Waals surface area contributed by atoms with Crippen LogP contribution in [0.5, 0.6) is 0 Å². The van der Waals surface area contributed by atoms with Gasteiger partial charge in [0.2, 0.25) is 35.4 Å². The van der Waals surface area contributed by atoms with Crippen molar-refractivity contribution in [3.05, 3.63) is 10.4 Å². The summed E-state index contributed by atoms with van der Waals surface area (Å²) in [4.78, 5) is 105. The van der Waals surface area contributed by atoms with Crippen LogP contribution in [0.4, 0.5) is 0 Å². The van der Waals surface area contributed by atoms with E-state index in [4.69, 9.17) is 15.2 Å². The standard InChI is InChI=1S/C32H54N10O16/c1-4-5-6-7-8-13-21(44)36-25(26(46)31(51)52)30(50)38-24-18(3)58-32(53)20(12-10-15-42(57)40-55)34-22(45)16-33-27(47)19(11-9-14-41(56)39-54)35-28(48)23(17(2)43)37-29(24)49/h17-20,23-26,43,46,54-55H,4-16H2,1-3H3,(H,33,47)(H,34,45)(H,35,48)(H,36,44)(H,37,49)(H,38,50)(H,51,52). The summed E-state index contributed by atoms with van der Waals surface area (Å²) in [5.74, 6) is -10.1. The van der Waals surface area contributed by atoms with Gasteiger partial charge in [-0.3, -0.25) is 28.8 Å². The highest BCUT2D eigenvalue weighted by Crippen LogP contribution is 2.11. The van der Waals surface area contributed by atoms with Crippen molar-refractivity contribution < 1.29 is 78.5 Å². The molecular formula is C32H54N10O16. The number of hydroxylamine groups is 2. The Kier molecular flexibility index (Phi) is 22.5. The molecule has 1 heterocycles. The number of carbonyl (C=O) groups excluding carboxylic acids is 7. The molecule has 1 aliphatic heterocycles. The van der Waals surface area contributed by atoms with E-state index in [1.54, 1.807) is 0 Å². The second-order valence-electron chi connectivity index (χ2n) is 13.4. The number of aliphatic carboxylic acids is 1. The molecule has 26 nitrogen and oxygen atoms in total. The fourth-order valence-electron chi connectivity index (χ4n) is 5.45. The predicted octanol–water partition coefficient (Wildman–Crippen LogP) is -3.08. The Labute approximate surface area is 331 Å². The maximum atomic E-state index is 13.9. The van der Waals surface area contributed by atoms with Gasteiger partial charge >= 0.3 is 11.9 Å². The summed E-state index contributed by atoms with van der Waals surface area (Å²) in [6.45, 7) is 2.36. The average molecular weight is 835 g/mol. The lowest BCUT2D eigenvalue weighted by Crippen LogP contribution is -2.64. The van der Waals surface area contributed by atoms with Gasteiger partial charge in [0.05, 0.1) is 12.6 Å². The number of esters is 1. The molecule has 0 aliphatic carbocycles. The van der Waals surface area contributed by atoms with Gasteiger partial charge in [0.1, 0.15) is 36.3 Å². The second kappa shape index (κ2) is 26.1. The Bertz CT molecular complexity index is 1500. The van der Waals surface area contributed by atoms with Gasteiger partial charge in [0.25, 0.3) is 0 Å². The van der Waals surface area contributed by atoms with Gasteiger partial charge < -0.3 is 72.8 Å². The van der Waals surface area contributed by atoms with Crippen molar-refractivity contribution in [3.63, 3.8) is 0 Å². The predicted molar refractivity (Wildman–Crippen MR) is 191 cm³/mol. The topological polar surface area (TPSA) is 396 Å². The molecule has 328 valence electrons. The molecule has 6 amide bonds. The van der Waals surface area contributed by atoms with E-state index >= 15 is 0 Å². The SMILES string of the molecule is CCCCCCCC(=O)NC(C(=O)NC1C(=O)NC(C(C)O)C(=O)NC(CCC[N+]([O-])=NO)C(=O)NCC(=O)NC(CCC[N+]([O-])=NO)C(=O)OC1C)C(O)C(=O)O. The summed E-state index contributed by atoms with van der Waals surface area (Å²) < 4.78 is 5.40. The minimum atomic E-state index is -2.55. The monoisotopic (exact) mass is 834 g/mol. The minimum absolute atomic E-state index is 0.128. The number of aliphatic hydroxyl groups excluding tert-OH is 2. The largest absolute Gasteiger partial charge is 0.597 e. The fraction of sp³-hybridized carbons (Fsp3) is 0.750. The average Bonchev–Trinajstić information content (AvgIpc) is 3.17. The number of carbonyl (C=O) groups is 8. The summed E-state index contributed by atoms with van der Waals surface area (Å²) in [5.41, 5.74) is 0. The lowest BCUT2D eigenvalue weighted by molar-refractivity contribution is -0.556. The summed E-state index contributed by atoms with van der Waals surface area (Å²) in [6.07, 6.45) is -3.64. The van der Waals surface area contributed by atoms with Crippen molar-refractivity contribution in [2.24, 2.45) is 10.6 Å². The molecule has 1 fully saturated rings. The van der Waals surface area contributed by atoms with Crippen molar-refractivity contribution in [3.8, 4) is 0 Å². The third-order valence-corrected chi connectivity index (χ3v) is 8.65. The summed E-state index contributed by atoms with van der Waals surface area (Å²) in [5, 5.41) is 88.7. The molecule has 0 radical (unpaired) electrons. The molecule has 1 saturated heterocycles. The maximum absolute atomic E-state index is 13.9. The van der Waals surface area contributed by atoms with Crippen LogP contribution in [-0.4, -0.2) is 151 Å². The molecule has 0 aromatic rings. The van der Waals surface area contributed by atoms with Gasteiger partial charge in [0, 0.05) is 19.3 Å². The minimum Gasteiger partial charge on any atom is -0.597 e. The van der Waals surface area contributed by atoms with Crippen LogP contribution in [0, 0.1) is 10.4 Å². The van der Waals surface area contributed by atoms with Gasteiger partial charge in [-0.15, -0.1) is 0 Å². The van der Waals surface area contributed by atoms with Crippen LogP contribution >= 0.6 is 0 Å². The Morgan fingerprint density at radius 2 is 1.45 bits per heavy atom. The number of carboxylic acid groups (broad SMARTS) is 1. The highest BCUT2D eigenvalue weighted by Gasteiger charge is 2.40. The van der Waals surface area contributed by atoms with E-state index in [2.05, 4.69) is 42.5 Å². The van der Waals surface area contributed by atoms with Gasteiger partial charge in [0.15, 0.2) is 29.7 Å². The molecule has 0 bridgehead atoms. The normalized spacial score (nSPS) is 23.2. The molecule has 0 saturated carbocycles. The van der Waals surface area contributed by atoms with Crippen LogP contribution in [0.15, 0.2) is 10.6 Å². The van der Waals surface area contributed by atoms with Crippen LogP contribution in [0.2, 0.25) is 0 Å².